The van der Waals surface area contributed by atoms with Gasteiger partial charge in [0, 0.05) is 5.56 Å². The minimum absolute atomic E-state index is 0.239. The van der Waals surface area contributed by atoms with E-state index in [2.05, 4.69) is 32.6 Å². The summed E-state index contributed by atoms with van der Waals surface area (Å²) in [4.78, 5) is 19.2. The number of H-pyrrole nitrogens is 1. The average molecular weight is 394 g/mol. The topological polar surface area (TPSA) is 75.2 Å². The fraction of sp³-hybridized carbons (Fsp3) is 0.0667. The molecule has 0 amide bonds. The lowest BCUT2D eigenvalue weighted by Gasteiger charge is -1.99. The summed E-state index contributed by atoms with van der Waals surface area (Å²) in [7, 11) is 1.35. The molecule has 0 saturated carbocycles. The number of phenols is 1. The number of ether oxygens (including phenoxy) is 1. The van der Waals surface area contributed by atoms with Gasteiger partial charge in [0.1, 0.15) is 11.6 Å². The smallest absolute Gasteiger partial charge is 0.337 e. The number of hydrogen-bond donors (Lipinski definition) is 2. The Hall–Kier alpha value is -2.09. The van der Waals surface area contributed by atoms with E-state index in [4.69, 9.17) is 4.74 Å². The maximum atomic E-state index is 11.5. The first-order chi connectivity index (χ1) is 10.1. The Labute approximate surface area is 134 Å². The van der Waals surface area contributed by atoms with Crippen LogP contribution in [0.2, 0.25) is 0 Å². The third kappa shape index (κ3) is 2.58. The van der Waals surface area contributed by atoms with Crippen LogP contribution in [-0.4, -0.2) is 28.2 Å². The van der Waals surface area contributed by atoms with Crippen molar-refractivity contribution < 1.29 is 14.6 Å². The van der Waals surface area contributed by atoms with Gasteiger partial charge in [0.15, 0.2) is 0 Å². The SMILES string of the molecule is COC(=O)c1ccc2nc(-c3ccc(O)c(I)c3)[nH]c2c1. The van der Waals surface area contributed by atoms with Gasteiger partial charge in [-0.25, -0.2) is 9.78 Å². The molecule has 2 N–H and O–H groups in total. The number of aromatic nitrogens is 2. The van der Waals surface area contributed by atoms with Crippen molar-refractivity contribution in [3.05, 3.63) is 45.5 Å². The lowest BCUT2D eigenvalue weighted by molar-refractivity contribution is 0.0601. The van der Waals surface area contributed by atoms with Gasteiger partial charge in [-0.15, -0.1) is 0 Å². The molecule has 0 unspecified atom stereocenters. The van der Waals surface area contributed by atoms with Crippen molar-refractivity contribution in [2.75, 3.05) is 7.11 Å². The van der Waals surface area contributed by atoms with Crippen LogP contribution >= 0.6 is 22.6 Å². The Bertz CT molecular complexity index is 842. The van der Waals surface area contributed by atoms with E-state index in [1.165, 1.54) is 7.11 Å². The minimum Gasteiger partial charge on any atom is -0.507 e. The summed E-state index contributed by atoms with van der Waals surface area (Å²) < 4.78 is 5.45. The molecule has 0 fully saturated rings. The molecule has 0 saturated heterocycles. The van der Waals surface area contributed by atoms with Crippen molar-refractivity contribution >= 4 is 39.6 Å². The van der Waals surface area contributed by atoms with Gasteiger partial charge in [-0.2, -0.15) is 0 Å². The lowest BCUT2D eigenvalue weighted by atomic mass is 10.2. The number of methoxy groups -OCH3 is 1. The normalized spacial score (nSPS) is 10.8. The molecular formula is C15H11IN2O3. The van der Waals surface area contributed by atoms with Crippen LogP contribution in [0.4, 0.5) is 0 Å². The zero-order valence-electron chi connectivity index (χ0n) is 11.1. The van der Waals surface area contributed by atoms with Gasteiger partial charge in [-0.05, 0) is 59.0 Å². The number of imidazole rings is 1. The maximum Gasteiger partial charge on any atom is 0.337 e. The first kappa shape index (κ1) is 13.9. The standard InChI is InChI=1S/C15H11IN2O3/c1-21-15(20)9-2-4-11-12(7-9)18-14(17-11)8-3-5-13(19)10(16)6-8/h2-7,19H,1H3,(H,17,18). The van der Waals surface area contributed by atoms with Crippen molar-refractivity contribution in [2.24, 2.45) is 0 Å². The monoisotopic (exact) mass is 394 g/mol. The fourth-order valence-electron chi connectivity index (χ4n) is 2.05. The number of carbonyl (C=O) groups is 1. The molecule has 3 rings (SSSR count). The van der Waals surface area contributed by atoms with Crippen LogP contribution in [0.3, 0.4) is 0 Å². The van der Waals surface area contributed by atoms with E-state index in [9.17, 15) is 9.90 Å². The molecular weight excluding hydrogens is 383 g/mol. The number of rotatable bonds is 2. The van der Waals surface area contributed by atoms with E-state index in [0.717, 1.165) is 20.2 Å². The molecule has 0 atom stereocenters. The summed E-state index contributed by atoms with van der Waals surface area (Å²) in [5.41, 5.74) is 2.87. The first-order valence-electron chi connectivity index (χ1n) is 6.15. The summed E-state index contributed by atoms with van der Waals surface area (Å²) >= 11 is 2.06. The molecule has 106 valence electrons. The zero-order chi connectivity index (χ0) is 15.0. The number of phenolic OH excluding ortho intramolecular Hbond substituents is 1. The Kier molecular flexibility index (Phi) is 3.54. The quantitative estimate of drug-likeness (QED) is 0.517. The number of esters is 1. The first-order valence-corrected chi connectivity index (χ1v) is 7.23. The molecule has 0 aliphatic rings. The van der Waals surface area contributed by atoms with Gasteiger partial charge in [0.05, 0.1) is 27.3 Å². The number of nitrogens with one attached hydrogen (secondary N) is 1. The second kappa shape index (κ2) is 5.36. The van der Waals surface area contributed by atoms with Crippen LogP contribution < -0.4 is 0 Å². The van der Waals surface area contributed by atoms with Crippen molar-refractivity contribution in [3.63, 3.8) is 0 Å². The summed E-state index contributed by atoms with van der Waals surface area (Å²) in [5, 5.41) is 9.57. The summed E-state index contributed by atoms with van der Waals surface area (Å²) in [6, 6.07) is 10.4. The maximum absolute atomic E-state index is 11.5. The molecule has 5 nitrogen and oxygen atoms in total. The largest absolute Gasteiger partial charge is 0.507 e. The number of carbonyl (C=O) groups excluding carboxylic acids is 1. The van der Waals surface area contributed by atoms with Crippen molar-refractivity contribution in [1.82, 2.24) is 9.97 Å². The summed E-state index contributed by atoms with van der Waals surface area (Å²) in [6.07, 6.45) is 0. The Morgan fingerprint density at radius 1 is 1.29 bits per heavy atom. The Balaban J connectivity index is 2.08. The number of benzene rings is 2. The highest BCUT2D eigenvalue weighted by atomic mass is 127. The number of fused-ring (bicyclic) bond motifs is 1. The van der Waals surface area contributed by atoms with Crippen LogP contribution in [0.15, 0.2) is 36.4 Å². The number of halogens is 1. The molecule has 1 heterocycles. The molecule has 0 aliphatic heterocycles. The van der Waals surface area contributed by atoms with Crippen molar-refractivity contribution in [2.45, 2.75) is 0 Å². The number of hydrogen-bond acceptors (Lipinski definition) is 4. The highest BCUT2D eigenvalue weighted by Crippen LogP contribution is 2.27. The van der Waals surface area contributed by atoms with Gasteiger partial charge in [0.25, 0.3) is 0 Å². The van der Waals surface area contributed by atoms with E-state index in [1.807, 2.05) is 6.07 Å². The van der Waals surface area contributed by atoms with Crippen LogP contribution in [0.1, 0.15) is 10.4 Å². The van der Waals surface area contributed by atoms with E-state index in [0.29, 0.717) is 11.4 Å². The molecule has 0 aliphatic carbocycles. The van der Waals surface area contributed by atoms with Gasteiger partial charge >= 0.3 is 5.97 Å². The van der Waals surface area contributed by atoms with E-state index >= 15 is 0 Å². The molecule has 6 heteroatoms. The van der Waals surface area contributed by atoms with E-state index < -0.39 is 0 Å². The van der Waals surface area contributed by atoms with Crippen molar-refractivity contribution in [3.8, 4) is 17.1 Å². The van der Waals surface area contributed by atoms with Gasteiger partial charge in [-0.1, -0.05) is 0 Å². The second-order valence-electron chi connectivity index (χ2n) is 4.48. The van der Waals surface area contributed by atoms with Crippen LogP contribution in [0.5, 0.6) is 5.75 Å². The number of nitrogens with zero attached hydrogens (tertiary/aromatic N) is 1. The van der Waals surface area contributed by atoms with Crippen LogP contribution in [-0.2, 0) is 4.74 Å². The van der Waals surface area contributed by atoms with Crippen LogP contribution in [0, 0.1) is 3.57 Å². The second-order valence-corrected chi connectivity index (χ2v) is 5.64. The molecule has 3 aromatic rings. The predicted octanol–water partition coefficient (Wildman–Crippen LogP) is 3.33. The van der Waals surface area contributed by atoms with Gasteiger partial charge < -0.3 is 14.8 Å². The highest BCUT2D eigenvalue weighted by Gasteiger charge is 2.10. The molecule has 0 spiro atoms. The number of aromatic amines is 1. The molecule has 0 bridgehead atoms. The minimum atomic E-state index is -0.382. The summed E-state index contributed by atoms with van der Waals surface area (Å²) in [6.45, 7) is 0. The van der Waals surface area contributed by atoms with E-state index in [-0.39, 0.29) is 11.7 Å². The average Bonchev–Trinajstić information content (AvgIpc) is 2.92. The Morgan fingerprint density at radius 3 is 2.81 bits per heavy atom. The molecule has 2 aromatic carbocycles. The zero-order valence-corrected chi connectivity index (χ0v) is 13.2. The predicted molar refractivity (Wildman–Crippen MR) is 87.3 cm³/mol. The van der Waals surface area contributed by atoms with Gasteiger partial charge in [-0.3, -0.25) is 0 Å². The highest BCUT2D eigenvalue weighted by molar-refractivity contribution is 14.1. The Morgan fingerprint density at radius 2 is 2.10 bits per heavy atom. The molecule has 1 aromatic heterocycles. The molecule has 0 radical (unpaired) electrons. The molecule has 21 heavy (non-hydrogen) atoms. The van der Waals surface area contributed by atoms with Crippen molar-refractivity contribution in [1.29, 1.82) is 0 Å². The summed E-state index contributed by atoms with van der Waals surface area (Å²) in [5.74, 6) is 0.542. The van der Waals surface area contributed by atoms with Crippen LogP contribution in [0.25, 0.3) is 22.4 Å². The fourth-order valence-corrected chi connectivity index (χ4v) is 2.56. The van der Waals surface area contributed by atoms with Gasteiger partial charge in [0.2, 0.25) is 0 Å². The van der Waals surface area contributed by atoms with E-state index in [1.54, 1.807) is 30.3 Å². The third-order valence-corrected chi connectivity index (χ3v) is 3.99. The number of aromatic hydroxyl groups is 1. The third-order valence-electron chi connectivity index (χ3n) is 3.12. The lowest BCUT2D eigenvalue weighted by Crippen LogP contribution is -2.00.